The highest BCUT2D eigenvalue weighted by Crippen LogP contribution is 2.55. The minimum atomic E-state index is -1.54. The Labute approximate surface area is 305 Å². The highest BCUT2D eigenvalue weighted by atomic mass is 35.5. The number of rotatable bonds is 2. The Bertz CT molecular complexity index is 1360. The Morgan fingerprint density at radius 3 is 2.32 bits per heavy atom. The zero-order chi connectivity index (χ0) is 37.3. The number of alkyl halides is 1. The Hall–Kier alpha value is -1.87. The molecule has 2 N–H and O–H groups in total. The zero-order valence-corrected chi connectivity index (χ0v) is 32.7. The van der Waals surface area contributed by atoms with E-state index in [1.54, 1.807) is 6.92 Å². The number of allylic oxidation sites excluding steroid dienone is 3. The van der Waals surface area contributed by atoms with Crippen molar-refractivity contribution >= 4 is 34.9 Å². The van der Waals surface area contributed by atoms with E-state index in [9.17, 15) is 29.4 Å². The van der Waals surface area contributed by atoms with Gasteiger partial charge in [-0.15, -0.1) is 11.6 Å². The van der Waals surface area contributed by atoms with Gasteiger partial charge < -0.3 is 19.7 Å². The number of aliphatic hydroxyl groups excluding tert-OH is 1. The average molecular weight is 719 g/mol. The van der Waals surface area contributed by atoms with Gasteiger partial charge in [-0.2, -0.15) is 0 Å². The first-order valence-electron chi connectivity index (χ1n) is 19.0. The molecule has 50 heavy (non-hydrogen) atoms. The molecule has 11 atom stereocenters. The van der Waals surface area contributed by atoms with Crippen LogP contribution >= 0.6 is 11.6 Å². The third-order valence-electron chi connectivity index (χ3n) is 12.8. The summed E-state index contributed by atoms with van der Waals surface area (Å²) in [5.41, 5.74) is -1.32. The van der Waals surface area contributed by atoms with Crippen LogP contribution in [0, 0.1) is 40.9 Å². The number of aliphatic hydroxyl groups is 2. The molecule has 2 aliphatic heterocycles. The van der Waals surface area contributed by atoms with Gasteiger partial charge in [-0.25, -0.2) is 0 Å². The van der Waals surface area contributed by atoms with Crippen molar-refractivity contribution in [2.24, 2.45) is 40.9 Å². The number of fused-ring (bicyclic) bond motifs is 5. The monoisotopic (exact) mass is 718 g/mol. The van der Waals surface area contributed by atoms with Gasteiger partial charge in [-0.3, -0.25) is 19.2 Å². The van der Waals surface area contributed by atoms with Gasteiger partial charge in [0, 0.05) is 49.4 Å². The molecular formula is C41H63ClO8. The molecule has 0 radical (unpaired) electrons. The Kier molecular flexibility index (Phi) is 13.1. The van der Waals surface area contributed by atoms with Gasteiger partial charge in [-0.1, -0.05) is 57.8 Å². The first-order valence-corrected chi connectivity index (χ1v) is 19.5. The lowest BCUT2D eigenvalue weighted by Gasteiger charge is -2.48. The van der Waals surface area contributed by atoms with E-state index >= 15 is 0 Å². The van der Waals surface area contributed by atoms with Crippen LogP contribution in [-0.4, -0.2) is 69.4 Å². The summed E-state index contributed by atoms with van der Waals surface area (Å²) in [5, 5.41) is 23.7. The SMILES string of the molecule is COC(=O)C12CC(=O)C(C(C)C)CC(=O)C(C)CCCC(C)CC(=O)C1C1C=C(C)CCC(Cl)C3(C)CCC(O3)C(C)(O)CC(O)C1=C(C)C2. The Morgan fingerprint density at radius 2 is 1.68 bits per heavy atom. The predicted molar refractivity (Wildman–Crippen MR) is 195 cm³/mol. The van der Waals surface area contributed by atoms with E-state index in [0.29, 0.717) is 43.3 Å². The quantitative estimate of drug-likeness (QED) is 0.171. The average Bonchev–Trinajstić information content (AvgIpc) is 3.44. The lowest BCUT2D eigenvalue weighted by molar-refractivity contribution is -0.165. The van der Waals surface area contributed by atoms with Gasteiger partial charge in [0.2, 0.25) is 0 Å². The smallest absolute Gasteiger partial charge is 0.313 e. The van der Waals surface area contributed by atoms with Crippen LogP contribution in [0.1, 0.15) is 132 Å². The van der Waals surface area contributed by atoms with Crippen LogP contribution in [0.5, 0.6) is 0 Å². The number of carbonyl (C=O) groups is 4. The van der Waals surface area contributed by atoms with Gasteiger partial charge in [0.25, 0.3) is 0 Å². The summed E-state index contributed by atoms with van der Waals surface area (Å²) in [5.74, 6) is -3.61. The van der Waals surface area contributed by atoms with Crippen LogP contribution in [0.15, 0.2) is 22.8 Å². The number of halogens is 1. The van der Waals surface area contributed by atoms with Crippen molar-refractivity contribution in [3.63, 3.8) is 0 Å². The molecule has 8 nitrogen and oxygen atoms in total. The van der Waals surface area contributed by atoms with E-state index in [0.717, 1.165) is 18.4 Å². The molecule has 0 spiro atoms. The second-order valence-electron chi connectivity index (χ2n) is 17.4. The normalized spacial score (nSPS) is 41.6. The van der Waals surface area contributed by atoms with E-state index in [4.69, 9.17) is 21.1 Å². The van der Waals surface area contributed by atoms with Crippen LogP contribution in [0.3, 0.4) is 0 Å². The fraction of sp³-hybridized carbons (Fsp3) is 0.805. The molecule has 2 bridgehead atoms. The molecule has 1 saturated heterocycles. The standard InChI is InChI=1S/C41H63ClO8/c1-23(2)28-19-30(43)26(5)12-10-11-24(3)18-31(44)37-29-17-25(4)13-14-34(42)40(8)16-15-35(50-40)39(7,48)21-33(46)36(29)27(6)20-41(37,22-32(28)45)38(47)49-9/h17,23-24,26,28-29,33-35,37,46,48H,10-16,18-22H2,1-9H3. The van der Waals surface area contributed by atoms with Crippen molar-refractivity contribution in [3.8, 4) is 0 Å². The maximum Gasteiger partial charge on any atom is 0.313 e. The van der Waals surface area contributed by atoms with Crippen molar-refractivity contribution in [3.05, 3.63) is 22.8 Å². The molecule has 282 valence electrons. The summed E-state index contributed by atoms with van der Waals surface area (Å²) < 4.78 is 12.0. The summed E-state index contributed by atoms with van der Waals surface area (Å²) in [6.45, 7) is 15.3. The minimum Gasteiger partial charge on any atom is -0.469 e. The van der Waals surface area contributed by atoms with Gasteiger partial charge in [0.15, 0.2) is 0 Å². The fourth-order valence-electron chi connectivity index (χ4n) is 9.64. The Balaban J connectivity index is 1.95. The first-order chi connectivity index (χ1) is 23.3. The van der Waals surface area contributed by atoms with Crippen molar-refractivity contribution in [1.29, 1.82) is 0 Å². The summed E-state index contributed by atoms with van der Waals surface area (Å²) in [7, 11) is 1.30. The molecule has 9 heteroatoms. The third kappa shape index (κ3) is 8.50. The maximum absolute atomic E-state index is 14.9. The molecule has 2 fully saturated rings. The van der Waals surface area contributed by atoms with Crippen molar-refractivity contribution in [2.45, 2.75) is 161 Å². The van der Waals surface area contributed by atoms with Gasteiger partial charge in [-0.05, 0) is 83.6 Å². The summed E-state index contributed by atoms with van der Waals surface area (Å²) >= 11 is 7.00. The molecule has 4 rings (SSSR count). The van der Waals surface area contributed by atoms with Gasteiger partial charge in [0.05, 0.1) is 41.3 Å². The van der Waals surface area contributed by atoms with E-state index < -0.39 is 52.5 Å². The highest BCUT2D eigenvalue weighted by molar-refractivity contribution is 6.21. The number of ketones is 3. The van der Waals surface area contributed by atoms with Gasteiger partial charge >= 0.3 is 5.97 Å². The molecule has 2 heterocycles. The molecule has 11 unspecified atom stereocenters. The molecule has 2 aliphatic carbocycles. The molecule has 4 aliphatic rings. The summed E-state index contributed by atoms with van der Waals surface area (Å²) in [6.07, 6.45) is 5.09. The Morgan fingerprint density at radius 1 is 1.00 bits per heavy atom. The highest BCUT2D eigenvalue weighted by Gasteiger charge is 2.59. The zero-order valence-electron chi connectivity index (χ0n) is 32.0. The maximum atomic E-state index is 14.9. The van der Waals surface area contributed by atoms with Crippen LogP contribution in [-0.2, 0) is 28.7 Å². The molecule has 1 saturated carbocycles. The van der Waals surface area contributed by atoms with Crippen LogP contribution in [0.2, 0.25) is 0 Å². The largest absolute Gasteiger partial charge is 0.469 e. The number of hydrogen-bond acceptors (Lipinski definition) is 8. The summed E-state index contributed by atoms with van der Waals surface area (Å²) in [4.78, 5) is 57.2. The first kappa shape index (κ1) is 40.9. The van der Waals surface area contributed by atoms with Crippen molar-refractivity contribution < 1.29 is 38.9 Å². The number of Topliss-reactive ketones (excluding diaryl/α,β-unsaturated/α-hetero) is 3. The fourth-order valence-corrected chi connectivity index (χ4v) is 9.91. The van der Waals surface area contributed by atoms with E-state index in [-0.39, 0.29) is 72.6 Å². The molecule has 0 aromatic heterocycles. The molecule has 0 aromatic carbocycles. The van der Waals surface area contributed by atoms with Crippen molar-refractivity contribution in [2.75, 3.05) is 7.11 Å². The van der Waals surface area contributed by atoms with Gasteiger partial charge in [0.1, 0.15) is 17.3 Å². The molecular weight excluding hydrogens is 656 g/mol. The van der Waals surface area contributed by atoms with Crippen molar-refractivity contribution in [1.82, 2.24) is 0 Å². The number of esters is 1. The van der Waals surface area contributed by atoms with Crippen LogP contribution in [0.25, 0.3) is 0 Å². The number of hydrogen-bond donors (Lipinski definition) is 2. The third-order valence-corrected chi connectivity index (χ3v) is 13.5. The number of ether oxygens (including phenoxy) is 2. The van der Waals surface area contributed by atoms with Crippen LogP contribution in [0.4, 0.5) is 0 Å². The van der Waals surface area contributed by atoms with E-state index in [1.165, 1.54) is 7.11 Å². The minimum absolute atomic E-state index is 0.0198. The number of carbonyl (C=O) groups excluding carboxylic acids is 4. The lowest BCUT2D eigenvalue weighted by atomic mass is 9.54. The molecule has 0 aromatic rings. The van der Waals surface area contributed by atoms with E-state index in [1.807, 2.05) is 54.5 Å². The topological polar surface area (TPSA) is 127 Å². The second kappa shape index (κ2) is 16.0. The summed E-state index contributed by atoms with van der Waals surface area (Å²) in [6, 6.07) is 0. The second-order valence-corrected chi connectivity index (χ2v) is 17.9. The predicted octanol–water partition coefficient (Wildman–Crippen LogP) is 7.49. The van der Waals surface area contributed by atoms with E-state index in [2.05, 4.69) is 0 Å². The van der Waals surface area contributed by atoms with Crippen LogP contribution < -0.4 is 0 Å². The molecule has 0 amide bonds. The lowest BCUT2D eigenvalue weighted by Crippen LogP contribution is -2.53. The number of methoxy groups -OCH3 is 1.